The fourth-order valence-corrected chi connectivity index (χ4v) is 3.49. The molecule has 0 unspecified atom stereocenters. The van der Waals surface area contributed by atoms with Gasteiger partial charge in [0.2, 0.25) is 5.91 Å². The highest BCUT2D eigenvalue weighted by Gasteiger charge is 2.48. The minimum Gasteiger partial charge on any atom is -0.469 e. The fraction of sp³-hybridized carbons (Fsp3) is 0.200. The second-order valence-corrected chi connectivity index (χ2v) is 6.05. The number of amides is 1. The second kappa shape index (κ2) is 6.55. The third-order valence-corrected chi connectivity index (χ3v) is 4.62. The lowest BCUT2D eigenvalue weighted by Gasteiger charge is -2.27. The largest absolute Gasteiger partial charge is 0.469 e. The van der Waals surface area contributed by atoms with Gasteiger partial charge in [0.25, 0.3) is 0 Å². The molecular weight excluding hydrogens is 334 g/mol. The summed E-state index contributed by atoms with van der Waals surface area (Å²) < 4.78 is 16.0. The predicted octanol–water partition coefficient (Wildman–Crippen LogP) is 3.60. The molecule has 3 heterocycles. The Morgan fingerprint density at radius 3 is 2.54 bits per heavy atom. The molecule has 2 aromatic heterocycles. The highest BCUT2D eigenvalue weighted by Crippen LogP contribution is 2.42. The highest BCUT2D eigenvalue weighted by atomic mass is 16.5. The number of carbonyl (C=O) groups excluding carboxylic acids is 2. The van der Waals surface area contributed by atoms with E-state index < -0.39 is 17.9 Å². The fourth-order valence-electron chi connectivity index (χ4n) is 3.49. The van der Waals surface area contributed by atoms with Gasteiger partial charge in [-0.25, -0.2) is 4.79 Å². The van der Waals surface area contributed by atoms with Gasteiger partial charge in [-0.2, -0.15) is 0 Å². The molecule has 1 aromatic carbocycles. The molecule has 3 aromatic rings. The first-order chi connectivity index (χ1) is 12.7. The molecule has 132 valence electrons. The molecule has 1 aliphatic rings. The van der Waals surface area contributed by atoms with Crippen molar-refractivity contribution < 1.29 is 23.2 Å². The Kier molecular flexibility index (Phi) is 4.08. The highest BCUT2D eigenvalue weighted by molar-refractivity contribution is 6.06. The summed E-state index contributed by atoms with van der Waals surface area (Å²) in [6.07, 6.45) is 3.27. The summed E-state index contributed by atoms with van der Waals surface area (Å²) in [4.78, 5) is 26.9. The van der Waals surface area contributed by atoms with Gasteiger partial charge >= 0.3 is 5.97 Å². The summed E-state index contributed by atoms with van der Waals surface area (Å²) in [6.45, 7) is 0. The second-order valence-electron chi connectivity index (χ2n) is 6.05. The maximum absolute atomic E-state index is 12.9. The van der Waals surface area contributed by atoms with Crippen molar-refractivity contribution in [2.75, 3.05) is 12.0 Å². The van der Waals surface area contributed by atoms with Gasteiger partial charge in [-0.1, -0.05) is 12.1 Å². The standard InChI is InChI=1S/C20H17NO5/c1-24-20(23)19-14(17-9-5-11-26-17)12-18(22)21(19)15-7-3-2-6-13(15)16-8-4-10-25-16/h2-11,14,19H,12H2,1H3/t14-,19-/m1/s1. The Bertz CT molecular complexity index is 914. The van der Waals surface area contributed by atoms with Gasteiger partial charge in [0.15, 0.2) is 0 Å². The topological polar surface area (TPSA) is 72.9 Å². The summed E-state index contributed by atoms with van der Waals surface area (Å²) >= 11 is 0. The van der Waals surface area contributed by atoms with Gasteiger partial charge in [-0.3, -0.25) is 9.69 Å². The lowest BCUT2D eigenvalue weighted by atomic mass is 9.97. The van der Waals surface area contributed by atoms with Crippen molar-refractivity contribution in [3.05, 3.63) is 66.8 Å². The van der Waals surface area contributed by atoms with Crippen LogP contribution < -0.4 is 4.90 Å². The molecule has 0 N–H and O–H groups in total. The van der Waals surface area contributed by atoms with Crippen LogP contribution in [-0.2, 0) is 14.3 Å². The van der Waals surface area contributed by atoms with Crippen molar-refractivity contribution in [2.24, 2.45) is 0 Å². The molecule has 6 heteroatoms. The summed E-state index contributed by atoms with van der Waals surface area (Å²) in [5.41, 5.74) is 1.34. The van der Waals surface area contributed by atoms with E-state index in [2.05, 4.69) is 0 Å². The minimum absolute atomic E-state index is 0.166. The van der Waals surface area contributed by atoms with E-state index in [4.69, 9.17) is 13.6 Å². The van der Waals surface area contributed by atoms with E-state index in [0.29, 0.717) is 17.2 Å². The Morgan fingerprint density at radius 2 is 1.85 bits per heavy atom. The third kappa shape index (κ3) is 2.60. The lowest BCUT2D eigenvalue weighted by Crippen LogP contribution is -2.42. The first-order valence-electron chi connectivity index (χ1n) is 8.27. The van der Waals surface area contributed by atoms with E-state index >= 15 is 0 Å². The maximum atomic E-state index is 12.9. The Labute approximate surface area is 150 Å². The first-order valence-corrected chi connectivity index (χ1v) is 8.27. The van der Waals surface area contributed by atoms with E-state index in [-0.39, 0.29) is 12.3 Å². The zero-order chi connectivity index (χ0) is 18.1. The Balaban J connectivity index is 1.83. The van der Waals surface area contributed by atoms with Crippen molar-refractivity contribution in [1.82, 2.24) is 0 Å². The lowest BCUT2D eigenvalue weighted by molar-refractivity contribution is -0.142. The van der Waals surface area contributed by atoms with Gasteiger partial charge in [0, 0.05) is 12.0 Å². The van der Waals surface area contributed by atoms with Crippen molar-refractivity contribution >= 4 is 17.6 Å². The average Bonchev–Trinajstić information content (AvgIpc) is 3.41. The molecule has 2 atom stereocenters. The molecule has 0 bridgehead atoms. The van der Waals surface area contributed by atoms with Crippen LogP contribution in [0.3, 0.4) is 0 Å². The number of furan rings is 2. The molecule has 1 aliphatic heterocycles. The van der Waals surface area contributed by atoms with Crippen LogP contribution in [0.2, 0.25) is 0 Å². The zero-order valence-electron chi connectivity index (χ0n) is 14.1. The number of esters is 1. The van der Waals surface area contributed by atoms with Crippen LogP contribution in [-0.4, -0.2) is 25.0 Å². The van der Waals surface area contributed by atoms with Crippen LogP contribution >= 0.6 is 0 Å². The van der Waals surface area contributed by atoms with Crippen molar-refractivity contribution in [3.63, 3.8) is 0 Å². The monoisotopic (exact) mass is 351 g/mol. The summed E-state index contributed by atoms with van der Waals surface area (Å²) in [7, 11) is 1.32. The van der Waals surface area contributed by atoms with Gasteiger partial charge in [-0.05, 0) is 36.4 Å². The molecule has 26 heavy (non-hydrogen) atoms. The number of carbonyl (C=O) groups is 2. The number of nitrogens with zero attached hydrogens (tertiary/aromatic N) is 1. The number of anilines is 1. The average molecular weight is 351 g/mol. The van der Waals surface area contributed by atoms with E-state index in [1.807, 2.05) is 24.3 Å². The molecule has 1 amide bonds. The quantitative estimate of drug-likeness (QED) is 0.672. The normalized spacial score (nSPS) is 19.7. The zero-order valence-corrected chi connectivity index (χ0v) is 14.1. The van der Waals surface area contributed by atoms with E-state index in [1.165, 1.54) is 18.3 Å². The number of benzene rings is 1. The van der Waals surface area contributed by atoms with Crippen LogP contribution in [0.1, 0.15) is 18.1 Å². The molecule has 1 saturated heterocycles. The number of rotatable bonds is 4. The van der Waals surface area contributed by atoms with Crippen molar-refractivity contribution in [2.45, 2.75) is 18.4 Å². The molecule has 1 fully saturated rings. The van der Waals surface area contributed by atoms with Crippen LogP contribution in [0, 0.1) is 0 Å². The van der Waals surface area contributed by atoms with Crippen LogP contribution in [0.4, 0.5) is 5.69 Å². The smallest absolute Gasteiger partial charge is 0.329 e. The Hall–Kier alpha value is -3.28. The SMILES string of the molecule is COC(=O)[C@H]1[C@@H](c2ccco2)CC(=O)N1c1ccccc1-c1ccco1. The van der Waals surface area contributed by atoms with E-state index in [9.17, 15) is 9.59 Å². The molecular formula is C20H17NO5. The van der Waals surface area contributed by atoms with Crippen molar-refractivity contribution in [1.29, 1.82) is 0 Å². The van der Waals surface area contributed by atoms with Gasteiger partial charge in [0.1, 0.15) is 17.6 Å². The summed E-state index contributed by atoms with van der Waals surface area (Å²) in [6, 6.07) is 13.7. The van der Waals surface area contributed by atoms with Gasteiger partial charge < -0.3 is 13.6 Å². The van der Waals surface area contributed by atoms with E-state index in [0.717, 1.165) is 5.56 Å². The number of hydrogen-bond acceptors (Lipinski definition) is 5. The number of para-hydroxylation sites is 1. The van der Waals surface area contributed by atoms with Crippen LogP contribution in [0.25, 0.3) is 11.3 Å². The first kappa shape index (κ1) is 16.2. The summed E-state index contributed by atoms with van der Waals surface area (Å²) in [5, 5.41) is 0. The molecule has 0 spiro atoms. The predicted molar refractivity (Wildman–Crippen MR) is 93.5 cm³/mol. The third-order valence-electron chi connectivity index (χ3n) is 4.62. The number of ether oxygens (including phenoxy) is 1. The molecule has 0 saturated carbocycles. The van der Waals surface area contributed by atoms with Gasteiger partial charge in [-0.15, -0.1) is 0 Å². The molecule has 0 radical (unpaired) electrons. The van der Waals surface area contributed by atoms with Gasteiger partial charge in [0.05, 0.1) is 31.2 Å². The maximum Gasteiger partial charge on any atom is 0.329 e. The van der Waals surface area contributed by atoms with E-state index in [1.54, 1.807) is 30.5 Å². The van der Waals surface area contributed by atoms with Crippen LogP contribution in [0.15, 0.2) is 69.9 Å². The van der Waals surface area contributed by atoms with Crippen molar-refractivity contribution in [3.8, 4) is 11.3 Å². The Morgan fingerprint density at radius 1 is 1.08 bits per heavy atom. The molecule has 4 rings (SSSR count). The molecule has 6 nitrogen and oxygen atoms in total. The minimum atomic E-state index is -0.797. The molecule has 0 aliphatic carbocycles. The summed E-state index contributed by atoms with van der Waals surface area (Å²) in [5.74, 6) is 0.159. The number of hydrogen-bond donors (Lipinski definition) is 0. The number of methoxy groups -OCH3 is 1. The van der Waals surface area contributed by atoms with Crippen LogP contribution in [0.5, 0.6) is 0 Å².